The number of rotatable bonds is 10. The van der Waals surface area contributed by atoms with Gasteiger partial charge in [0.2, 0.25) is 11.8 Å². The maximum Gasteiger partial charge on any atom is 0.254 e. The van der Waals surface area contributed by atoms with Gasteiger partial charge in [-0.25, -0.2) is 4.98 Å². The fourth-order valence-electron chi connectivity index (χ4n) is 3.35. The van der Waals surface area contributed by atoms with Gasteiger partial charge in [-0.05, 0) is 42.2 Å². The van der Waals surface area contributed by atoms with Gasteiger partial charge in [0.25, 0.3) is 5.91 Å². The molecule has 34 heavy (non-hydrogen) atoms. The monoisotopic (exact) mass is 479 g/mol. The van der Waals surface area contributed by atoms with Crippen molar-refractivity contribution in [2.45, 2.75) is 33.7 Å². The van der Waals surface area contributed by atoms with E-state index in [0.717, 1.165) is 11.1 Å². The van der Waals surface area contributed by atoms with Crippen LogP contribution in [0.1, 0.15) is 41.0 Å². The number of carbonyl (C=O) groups is 3. The lowest BCUT2D eigenvalue weighted by Crippen LogP contribution is -2.40. The predicted molar refractivity (Wildman–Crippen MR) is 132 cm³/mol. The Bertz CT molecular complexity index is 1130. The fourth-order valence-corrected chi connectivity index (χ4v) is 4.08. The van der Waals surface area contributed by atoms with Crippen LogP contribution in [0.15, 0.2) is 54.2 Å². The van der Waals surface area contributed by atoms with Crippen LogP contribution < -0.4 is 10.6 Å². The van der Waals surface area contributed by atoms with Gasteiger partial charge in [0.15, 0.2) is 5.13 Å². The summed E-state index contributed by atoms with van der Waals surface area (Å²) in [5.41, 5.74) is 2.99. The van der Waals surface area contributed by atoms with Crippen molar-refractivity contribution in [3.8, 4) is 0 Å². The molecular formula is C25H29N5O3S. The highest BCUT2D eigenvalue weighted by Crippen LogP contribution is 2.17. The molecule has 2 heterocycles. The number of pyridine rings is 1. The lowest BCUT2D eigenvalue weighted by molar-refractivity contribution is -0.120. The van der Waals surface area contributed by atoms with E-state index < -0.39 is 0 Å². The van der Waals surface area contributed by atoms with Crippen molar-refractivity contribution in [3.63, 3.8) is 0 Å². The Morgan fingerprint density at radius 2 is 1.79 bits per heavy atom. The lowest BCUT2D eigenvalue weighted by Gasteiger charge is -2.24. The Morgan fingerprint density at radius 3 is 2.50 bits per heavy atom. The Hall–Kier alpha value is -3.59. The highest BCUT2D eigenvalue weighted by Gasteiger charge is 2.21. The molecule has 2 aromatic heterocycles. The van der Waals surface area contributed by atoms with Gasteiger partial charge in [0.1, 0.15) is 6.54 Å². The second kappa shape index (κ2) is 12.0. The van der Waals surface area contributed by atoms with E-state index in [9.17, 15) is 14.4 Å². The first-order chi connectivity index (χ1) is 16.3. The van der Waals surface area contributed by atoms with E-state index in [1.54, 1.807) is 28.7 Å². The van der Waals surface area contributed by atoms with Gasteiger partial charge in [-0.2, -0.15) is 0 Å². The number of hydrogen-bond donors (Lipinski definition) is 2. The zero-order chi connectivity index (χ0) is 24.5. The van der Waals surface area contributed by atoms with Crippen molar-refractivity contribution in [2.24, 2.45) is 5.92 Å². The number of carbonyl (C=O) groups excluding carboxylic acids is 3. The molecule has 178 valence electrons. The summed E-state index contributed by atoms with van der Waals surface area (Å²) in [6.07, 6.45) is 3.46. The van der Waals surface area contributed by atoms with E-state index in [-0.39, 0.29) is 36.6 Å². The van der Waals surface area contributed by atoms with Crippen LogP contribution in [0.5, 0.6) is 0 Å². The number of benzene rings is 1. The van der Waals surface area contributed by atoms with Crippen molar-refractivity contribution >= 4 is 34.2 Å². The third-order valence-corrected chi connectivity index (χ3v) is 5.77. The Labute approximate surface area is 203 Å². The molecule has 3 rings (SSSR count). The van der Waals surface area contributed by atoms with Crippen molar-refractivity contribution < 1.29 is 14.4 Å². The summed E-state index contributed by atoms with van der Waals surface area (Å²) in [5, 5.41) is 7.73. The summed E-state index contributed by atoms with van der Waals surface area (Å²) < 4.78 is 0. The number of anilines is 1. The van der Waals surface area contributed by atoms with E-state index in [1.807, 2.05) is 51.1 Å². The molecule has 0 saturated heterocycles. The number of hydrogen-bond acceptors (Lipinski definition) is 6. The van der Waals surface area contributed by atoms with Gasteiger partial charge in [-0.15, -0.1) is 11.3 Å². The standard InChI is InChI=1S/C25H29N5O3S/c1-17(2)14-30(24(33)21-7-5-4-6-18(21)3)15-23(32)29-25-28-20(16-34-25)12-22(31)27-13-19-8-10-26-11-9-19/h4-11,16-17H,12-15H2,1-3H3,(H,27,31)(H,28,29,32). The van der Waals surface area contributed by atoms with Crippen molar-refractivity contribution in [1.29, 1.82) is 0 Å². The van der Waals surface area contributed by atoms with Gasteiger partial charge in [-0.3, -0.25) is 19.4 Å². The number of nitrogens with one attached hydrogen (secondary N) is 2. The van der Waals surface area contributed by atoms with E-state index in [1.165, 1.54) is 11.3 Å². The Morgan fingerprint density at radius 1 is 1.06 bits per heavy atom. The van der Waals surface area contributed by atoms with Crippen LogP contribution in [0, 0.1) is 12.8 Å². The largest absolute Gasteiger partial charge is 0.352 e. The van der Waals surface area contributed by atoms with Gasteiger partial charge in [0, 0.05) is 36.4 Å². The van der Waals surface area contributed by atoms with Crippen molar-refractivity contribution in [2.75, 3.05) is 18.4 Å². The van der Waals surface area contributed by atoms with E-state index in [4.69, 9.17) is 0 Å². The molecule has 0 aliphatic carbocycles. The van der Waals surface area contributed by atoms with Crippen LogP contribution in [0.3, 0.4) is 0 Å². The van der Waals surface area contributed by atoms with Crippen LogP contribution in [0.2, 0.25) is 0 Å². The molecule has 0 aliphatic heterocycles. The molecule has 1 aromatic carbocycles. The average Bonchev–Trinajstić information content (AvgIpc) is 3.24. The minimum atomic E-state index is -0.328. The predicted octanol–water partition coefficient (Wildman–Crippen LogP) is 3.44. The fraction of sp³-hybridized carbons (Fsp3) is 0.320. The van der Waals surface area contributed by atoms with Crippen LogP contribution >= 0.6 is 11.3 Å². The molecule has 0 fully saturated rings. The molecule has 3 aromatic rings. The first-order valence-corrected chi connectivity index (χ1v) is 11.9. The quantitative estimate of drug-likeness (QED) is 0.464. The number of aromatic nitrogens is 2. The van der Waals surface area contributed by atoms with Gasteiger partial charge in [-0.1, -0.05) is 32.0 Å². The first-order valence-electron chi connectivity index (χ1n) is 11.1. The summed E-state index contributed by atoms with van der Waals surface area (Å²) in [4.78, 5) is 47.8. The van der Waals surface area contributed by atoms with Gasteiger partial charge >= 0.3 is 0 Å². The van der Waals surface area contributed by atoms with Crippen LogP contribution in [0.4, 0.5) is 5.13 Å². The molecule has 0 radical (unpaired) electrons. The smallest absolute Gasteiger partial charge is 0.254 e. The topological polar surface area (TPSA) is 104 Å². The van der Waals surface area contributed by atoms with Crippen LogP contribution in [0.25, 0.3) is 0 Å². The van der Waals surface area contributed by atoms with Gasteiger partial charge in [0.05, 0.1) is 12.1 Å². The molecule has 9 heteroatoms. The van der Waals surface area contributed by atoms with Gasteiger partial charge < -0.3 is 15.5 Å². The second-order valence-electron chi connectivity index (χ2n) is 8.40. The minimum absolute atomic E-state index is 0.0767. The summed E-state index contributed by atoms with van der Waals surface area (Å²) in [7, 11) is 0. The summed E-state index contributed by atoms with van der Waals surface area (Å²) in [6.45, 7) is 6.68. The van der Waals surface area contributed by atoms with E-state index >= 15 is 0 Å². The zero-order valence-electron chi connectivity index (χ0n) is 19.6. The summed E-state index contributed by atoms with van der Waals surface area (Å²) in [6, 6.07) is 11.0. The lowest BCUT2D eigenvalue weighted by atomic mass is 10.1. The minimum Gasteiger partial charge on any atom is -0.352 e. The Balaban J connectivity index is 1.55. The molecular weight excluding hydrogens is 450 g/mol. The number of nitrogens with zero attached hydrogens (tertiary/aromatic N) is 3. The molecule has 0 atom stereocenters. The SMILES string of the molecule is Cc1ccccc1C(=O)N(CC(=O)Nc1nc(CC(=O)NCc2ccncc2)cs1)CC(C)C. The normalized spacial score (nSPS) is 10.7. The summed E-state index contributed by atoms with van der Waals surface area (Å²) >= 11 is 1.25. The maximum absolute atomic E-state index is 13.1. The highest BCUT2D eigenvalue weighted by molar-refractivity contribution is 7.13. The van der Waals surface area contributed by atoms with E-state index in [0.29, 0.717) is 29.5 Å². The molecule has 0 unspecified atom stereocenters. The molecule has 8 nitrogen and oxygen atoms in total. The molecule has 3 amide bonds. The number of thiazole rings is 1. The maximum atomic E-state index is 13.1. The first kappa shape index (κ1) is 25.0. The average molecular weight is 480 g/mol. The summed E-state index contributed by atoms with van der Waals surface area (Å²) in [5.74, 6) is -0.455. The second-order valence-corrected chi connectivity index (χ2v) is 9.25. The molecule has 0 saturated carbocycles. The van der Waals surface area contributed by atoms with Crippen LogP contribution in [-0.4, -0.2) is 45.7 Å². The van der Waals surface area contributed by atoms with E-state index in [2.05, 4.69) is 20.6 Å². The molecule has 0 spiro atoms. The third kappa shape index (κ3) is 7.48. The highest BCUT2D eigenvalue weighted by atomic mass is 32.1. The van der Waals surface area contributed by atoms with Crippen molar-refractivity contribution in [3.05, 3.63) is 76.6 Å². The third-order valence-electron chi connectivity index (χ3n) is 4.96. The molecule has 2 N–H and O–H groups in total. The number of amides is 3. The van der Waals surface area contributed by atoms with Crippen LogP contribution in [-0.2, 0) is 22.6 Å². The van der Waals surface area contributed by atoms with Crippen molar-refractivity contribution in [1.82, 2.24) is 20.2 Å². The number of aryl methyl sites for hydroxylation is 1. The Kier molecular flexibility index (Phi) is 8.86. The molecule has 0 bridgehead atoms. The molecule has 0 aliphatic rings. The zero-order valence-corrected chi connectivity index (χ0v) is 20.4.